The van der Waals surface area contributed by atoms with Crippen LogP contribution in [0.25, 0.3) is 0 Å². The Morgan fingerprint density at radius 3 is 2.93 bits per heavy atom. The van der Waals surface area contributed by atoms with E-state index in [0.717, 1.165) is 6.42 Å². The van der Waals surface area contributed by atoms with Gasteiger partial charge in [0.1, 0.15) is 23.8 Å². The van der Waals surface area contributed by atoms with Gasteiger partial charge in [-0.2, -0.15) is 0 Å². The highest BCUT2D eigenvalue weighted by atomic mass is 19.1. The van der Waals surface area contributed by atoms with Crippen LogP contribution in [0.5, 0.6) is 0 Å². The topological polar surface area (TPSA) is 75.9 Å². The Labute approximate surface area is 155 Å². The largest absolute Gasteiger partial charge is 0.448 e. The van der Waals surface area contributed by atoms with Crippen LogP contribution in [0, 0.1) is 12.7 Å². The number of oxazole rings is 1. The Morgan fingerprint density at radius 2 is 2.19 bits per heavy atom. The third-order valence-corrected chi connectivity index (χ3v) is 5.14. The molecule has 1 aromatic heterocycles. The summed E-state index contributed by atoms with van der Waals surface area (Å²) in [5.74, 6) is -0.358. The zero-order valence-electron chi connectivity index (χ0n) is 15.0. The maximum Gasteiger partial charge on any atom is 0.276 e. The van der Waals surface area contributed by atoms with Crippen LogP contribution in [0.2, 0.25) is 0 Å². The number of hydrogen-bond donors (Lipinski definition) is 0. The van der Waals surface area contributed by atoms with Crippen molar-refractivity contribution in [2.75, 3.05) is 31.1 Å². The molecular weight excluding hydrogens is 353 g/mol. The summed E-state index contributed by atoms with van der Waals surface area (Å²) in [5, 5.41) is 0. The van der Waals surface area contributed by atoms with E-state index in [0.29, 0.717) is 36.7 Å². The third-order valence-electron chi connectivity index (χ3n) is 5.14. The third kappa shape index (κ3) is 3.32. The first-order valence-corrected chi connectivity index (χ1v) is 8.87. The molecule has 0 aliphatic carbocycles. The minimum absolute atomic E-state index is 0.0957. The molecule has 0 bridgehead atoms. The number of likely N-dealkylation sites (tertiary alicyclic amines) is 1. The minimum atomic E-state index is -0.675. The normalized spacial score (nSPS) is 23.1. The molecule has 2 fully saturated rings. The van der Waals surface area contributed by atoms with Crippen molar-refractivity contribution in [1.82, 2.24) is 9.88 Å². The van der Waals surface area contributed by atoms with E-state index in [1.807, 2.05) is 0 Å². The lowest BCUT2D eigenvalue weighted by Gasteiger charge is -2.47. The average molecular weight is 373 g/mol. The number of amides is 2. The number of piperidine rings is 1. The van der Waals surface area contributed by atoms with Crippen LogP contribution in [0.15, 0.2) is 35.1 Å². The van der Waals surface area contributed by atoms with Crippen molar-refractivity contribution in [2.45, 2.75) is 25.4 Å². The standard InChI is InChI=1S/C19H20FN3O4/c1-13-17(21-12-26-13)18(25)22-7-3-6-19(10-22)11-23(16(24)9-27-19)15-5-2-4-14(20)8-15/h2,4-5,8,12H,3,6-7,9-11H2,1H3. The van der Waals surface area contributed by atoms with Crippen molar-refractivity contribution in [1.29, 1.82) is 0 Å². The van der Waals surface area contributed by atoms with Crippen LogP contribution in [0.4, 0.5) is 10.1 Å². The number of halogens is 1. The van der Waals surface area contributed by atoms with Crippen molar-refractivity contribution in [3.63, 3.8) is 0 Å². The van der Waals surface area contributed by atoms with Gasteiger partial charge in [-0.05, 0) is 38.0 Å². The molecule has 4 rings (SSSR count). The zero-order valence-corrected chi connectivity index (χ0v) is 15.0. The molecule has 1 atom stereocenters. The number of anilines is 1. The van der Waals surface area contributed by atoms with Crippen molar-refractivity contribution in [2.24, 2.45) is 0 Å². The molecule has 2 saturated heterocycles. The maximum atomic E-state index is 13.6. The number of nitrogens with zero attached hydrogens (tertiary/aromatic N) is 3. The van der Waals surface area contributed by atoms with Gasteiger partial charge in [-0.15, -0.1) is 0 Å². The Kier molecular flexibility index (Phi) is 4.43. The van der Waals surface area contributed by atoms with Gasteiger partial charge in [0.25, 0.3) is 11.8 Å². The first kappa shape index (κ1) is 17.7. The fraction of sp³-hybridized carbons (Fsp3) is 0.421. The monoisotopic (exact) mass is 373 g/mol. The quantitative estimate of drug-likeness (QED) is 0.806. The molecule has 27 heavy (non-hydrogen) atoms. The van der Waals surface area contributed by atoms with E-state index in [-0.39, 0.29) is 25.0 Å². The summed E-state index contributed by atoms with van der Waals surface area (Å²) < 4.78 is 24.6. The molecule has 8 heteroatoms. The second-order valence-electron chi connectivity index (χ2n) is 7.02. The van der Waals surface area contributed by atoms with Gasteiger partial charge in [-0.3, -0.25) is 9.59 Å². The molecule has 142 valence electrons. The van der Waals surface area contributed by atoms with Crippen LogP contribution in [0.1, 0.15) is 29.1 Å². The van der Waals surface area contributed by atoms with Crippen LogP contribution in [-0.4, -0.2) is 53.5 Å². The first-order chi connectivity index (χ1) is 13.0. The summed E-state index contributed by atoms with van der Waals surface area (Å²) in [4.78, 5) is 32.4. The molecule has 7 nitrogen and oxygen atoms in total. The predicted octanol–water partition coefficient (Wildman–Crippen LogP) is 2.16. The number of morpholine rings is 1. The predicted molar refractivity (Wildman–Crippen MR) is 93.8 cm³/mol. The van der Waals surface area contributed by atoms with Gasteiger partial charge in [0.05, 0.1) is 13.1 Å². The fourth-order valence-electron chi connectivity index (χ4n) is 3.77. The number of aromatic nitrogens is 1. The lowest BCUT2D eigenvalue weighted by Crippen LogP contribution is -2.62. The van der Waals surface area contributed by atoms with E-state index >= 15 is 0 Å². The summed E-state index contributed by atoms with van der Waals surface area (Å²) >= 11 is 0. The van der Waals surface area contributed by atoms with Gasteiger partial charge >= 0.3 is 0 Å². The number of hydrogen-bond acceptors (Lipinski definition) is 5. The minimum Gasteiger partial charge on any atom is -0.448 e. The molecule has 3 heterocycles. The summed E-state index contributed by atoms with van der Waals surface area (Å²) in [6.45, 7) is 2.81. The maximum absolute atomic E-state index is 13.6. The van der Waals surface area contributed by atoms with E-state index < -0.39 is 11.4 Å². The summed E-state index contributed by atoms with van der Waals surface area (Å²) in [7, 11) is 0. The Hall–Kier alpha value is -2.74. The molecule has 2 aliphatic heterocycles. The number of benzene rings is 1. The summed E-state index contributed by atoms with van der Waals surface area (Å²) in [6.07, 6.45) is 2.71. The van der Waals surface area contributed by atoms with Crippen LogP contribution in [-0.2, 0) is 9.53 Å². The van der Waals surface area contributed by atoms with E-state index in [1.54, 1.807) is 28.9 Å². The lowest BCUT2D eigenvalue weighted by molar-refractivity contribution is -0.144. The molecule has 1 aromatic carbocycles. The van der Waals surface area contributed by atoms with Gasteiger partial charge in [0.15, 0.2) is 12.1 Å². The first-order valence-electron chi connectivity index (χ1n) is 8.87. The van der Waals surface area contributed by atoms with Gasteiger partial charge in [-0.1, -0.05) is 6.07 Å². The van der Waals surface area contributed by atoms with E-state index in [1.165, 1.54) is 18.5 Å². The number of ether oxygens (including phenoxy) is 1. The molecule has 2 amide bonds. The zero-order chi connectivity index (χ0) is 19.0. The number of carbonyl (C=O) groups excluding carboxylic acids is 2. The Morgan fingerprint density at radius 1 is 1.33 bits per heavy atom. The second kappa shape index (κ2) is 6.77. The van der Waals surface area contributed by atoms with Crippen LogP contribution >= 0.6 is 0 Å². The molecule has 0 radical (unpaired) electrons. The molecule has 1 spiro atoms. The smallest absolute Gasteiger partial charge is 0.276 e. The molecular formula is C19H20FN3O4. The van der Waals surface area contributed by atoms with Crippen LogP contribution in [0.3, 0.4) is 0 Å². The van der Waals surface area contributed by atoms with Crippen molar-refractivity contribution < 1.29 is 23.1 Å². The Balaban J connectivity index is 1.56. The number of aryl methyl sites for hydroxylation is 1. The molecule has 0 N–H and O–H groups in total. The number of carbonyl (C=O) groups is 2. The van der Waals surface area contributed by atoms with Crippen molar-refractivity contribution >= 4 is 17.5 Å². The van der Waals surface area contributed by atoms with E-state index in [2.05, 4.69) is 4.98 Å². The Bertz CT molecular complexity index is 883. The highest BCUT2D eigenvalue weighted by Gasteiger charge is 2.45. The molecule has 0 saturated carbocycles. The van der Waals surface area contributed by atoms with E-state index in [4.69, 9.17) is 9.15 Å². The second-order valence-corrected chi connectivity index (χ2v) is 7.02. The van der Waals surface area contributed by atoms with Gasteiger partial charge in [0, 0.05) is 12.2 Å². The van der Waals surface area contributed by atoms with Crippen molar-refractivity contribution in [3.8, 4) is 0 Å². The van der Waals surface area contributed by atoms with Crippen molar-refractivity contribution in [3.05, 3.63) is 47.9 Å². The van der Waals surface area contributed by atoms with Gasteiger partial charge in [-0.25, -0.2) is 9.37 Å². The lowest BCUT2D eigenvalue weighted by atomic mass is 9.90. The highest BCUT2D eigenvalue weighted by molar-refractivity contribution is 5.95. The number of rotatable bonds is 2. The van der Waals surface area contributed by atoms with E-state index in [9.17, 15) is 14.0 Å². The average Bonchev–Trinajstić information content (AvgIpc) is 3.09. The van der Waals surface area contributed by atoms with Gasteiger partial charge < -0.3 is 19.0 Å². The molecule has 1 unspecified atom stereocenters. The summed E-state index contributed by atoms with van der Waals surface area (Å²) in [5.41, 5.74) is 0.116. The molecule has 2 aromatic rings. The fourth-order valence-corrected chi connectivity index (χ4v) is 3.77. The molecule has 2 aliphatic rings. The van der Waals surface area contributed by atoms with Crippen LogP contribution < -0.4 is 4.90 Å². The summed E-state index contributed by atoms with van der Waals surface area (Å²) in [6, 6.07) is 5.95. The van der Waals surface area contributed by atoms with Gasteiger partial charge in [0.2, 0.25) is 0 Å². The highest BCUT2D eigenvalue weighted by Crippen LogP contribution is 2.32. The SMILES string of the molecule is Cc1ocnc1C(=O)N1CCCC2(C1)CN(c1cccc(F)c1)C(=O)CO2.